The Morgan fingerprint density at radius 2 is 1.50 bits per heavy atom. The van der Waals surface area contributed by atoms with E-state index < -0.39 is 0 Å². The molecule has 2 aromatic rings. The lowest BCUT2D eigenvalue weighted by molar-refractivity contribution is 1.46. The van der Waals surface area contributed by atoms with Gasteiger partial charge >= 0.3 is 0 Å². The van der Waals surface area contributed by atoms with Gasteiger partial charge in [0.05, 0.1) is 0 Å². The minimum Gasteiger partial charge on any atom is -0.0843 e. The van der Waals surface area contributed by atoms with E-state index in [1.165, 1.54) is 16.7 Å². The zero-order chi connectivity index (χ0) is 9.97. The lowest BCUT2D eigenvalue weighted by Gasteiger charge is -2.05. The molecular formula is C13H11Cl. The van der Waals surface area contributed by atoms with Gasteiger partial charge < -0.3 is 0 Å². The van der Waals surface area contributed by atoms with Crippen molar-refractivity contribution in [3.63, 3.8) is 0 Å². The van der Waals surface area contributed by atoms with Gasteiger partial charge in [0.1, 0.15) is 0 Å². The Morgan fingerprint density at radius 1 is 0.857 bits per heavy atom. The van der Waals surface area contributed by atoms with E-state index in [0.717, 1.165) is 5.02 Å². The van der Waals surface area contributed by atoms with Gasteiger partial charge in [0, 0.05) is 5.02 Å². The highest BCUT2D eigenvalue weighted by atomic mass is 35.5. The molecule has 1 heteroatoms. The number of hydrogen-bond donors (Lipinski definition) is 0. The Morgan fingerprint density at radius 3 is 2.14 bits per heavy atom. The van der Waals surface area contributed by atoms with E-state index in [2.05, 4.69) is 31.2 Å². The van der Waals surface area contributed by atoms with Gasteiger partial charge in [-0.3, -0.25) is 0 Å². The van der Waals surface area contributed by atoms with Crippen LogP contribution < -0.4 is 0 Å². The second-order valence-electron chi connectivity index (χ2n) is 3.32. The molecule has 2 aromatic carbocycles. The molecule has 0 unspecified atom stereocenters. The topological polar surface area (TPSA) is 0 Å². The fourth-order valence-electron chi connectivity index (χ4n) is 1.53. The predicted octanol–water partition coefficient (Wildman–Crippen LogP) is 4.32. The molecule has 0 bridgehead atoms. The van der Waals surface area contributed by atoms with Gasteiger partial charge in [-0.1, -0.05) is 48.0 Å². The van der Waals surface area contributed by atoms with Crippen molar-refractivity contribution >= 4 is 11.6 Å². The van der Waals surface area contributed by atoms with Gasteiger partial charge in [-0.05, 0) is 35.7 Å². The van der Waals surface area contributed by atoms with Crippen molar-refractivity contribution < 1.29 is 0 Å². The molecule has 0 saturated heterocycles. The van der Waals surface area contributed by atoms with E-state index in [-0.39, 0.29) is 0 Å². The summed E-state index contributed by atoms with van der Waals surface area (Å²) in [6.45, 7) is 2.12. The van der Waals surface area contributed by atoms with Gasteiger partial charge in [-0.15, -0.1) is 0 Å². The first-order valence-corrected chi connectivity index (χ1v) is 4.97. The largest absolute Gasteiger partial charge is 0.0843 e. The van der Waals surface area contributed by atoms with E-state index in [1.54, 1.807) is 0 Å². The van der Waals surface area contributed by atoms with E-state index >= 15 is 0 Å². The second-order valence-corrected chi connectivity index (χ2v) is 3.76. The van der Waals surface area contributed by atoms with Crippen LogP contribution in [0.3, 0.4) is 0 Å². The molecule has 0 fully saturated rings. The average molecular weight is 203 g/mol. The van der Waals surface area contributed by atoms with Crippen LogP contribution in [0.1, 0.15) is 5.56 Å². The maximum absolute atomic E-state index is 5.84. The number of rotatable bonds is 1. The molecule has 2 rings (SSSR count). The van der Waals surface area contributed by atoms with Crippen LogP contribution in [0.15, 0.2) is 48.5 Å². The molecule has 0 amide bonds. The quantitative estimate of drug-likeness (QED) is 0.646. The summed E-state index contributed by atoms with van der Waals surface area (Å²) in [6, 6.07) is 16.3. The maximum Gasteiger partial charge on any atom is 0.0406 e. The summed E-state index contributed by atoms with van der Waals surface area (Å²) in [5, 5.41) is 0.780. The number of hydrogen-bond acceptors (Lipinski definition) is 0. The summed E-state index contributed by atoms with van der Waals surface area (Å²) >= 11 is 5.84. The molecule has 0 heterocycles. The molecule has 0 aliphatic heterocycles. The molecule has 0 nitrogen and oxygen atoms in total. The molecule has 0 N–H and O–H groups in total. The monoisotopic (exact) mass is 202 g/mol. The summed E-state index contributed by atoms with van der Waals surface area (Å²) in [4.78, 5) is 0. The first-order valence-electron chi connectivity index (χ1n) is 4.59. The van der Waals surface area contributed by atoms with Crippen LogP contribution in [0, 0.1) is 6.92 Å². The van der Waals surface area contributed by atoms with Gasteiger partial charge in [-0.25, -0.2) is 0 Å². The summed E-state index contributed by atoms with van der Waals surface area (Å²) in [5.41, 5.74) is 3.77. The molecule has 0 aliphatic rings. The van der Waals surface area contributed by atoms with Crippen molar-refractivity contribution in [2.24, 2.45) is 0 Å². The Labute approximate surface area is 89.2 Å². The Balaban J connectivity index is 2.50. The molecule has 0 spiro atoms. The minimum absolute atomic E-state index is 0.780. The normalized spacial score (nSPS) is 10.1. The highest BCUT2D eigenvalue weighted by molar-refractivity contribution is 6.30. The lowest BCUT2D eigenvalue weighted by Crippen LogP contribution is -1.81. The SMILES string of the molecule is Cc1ccccc1-c1ccc(Cl)cc1. The van der Waals surface area contributed by atoms with Crippen LogP contribution in [-0.2, 0) is 0 Å². The van der Waals surface area contributed by atoms with Crippen LogP contribution in [0.25, 0.3) is 11.1 Å². The lowest BCUT2D eigenvalue weighted by atomic mass is 10.0. The van der Waals surface area contributed by atoms with Crippen molar-refractivity contribution in [1.82, 2.24) is 0 Å². The van der Waals surface area contributed by atoms with Crippen LogP contribution in [0.5, 0.6) is 0 Å². The molecule has 0 aliphatic carbocycles. The van der Waals surface area contributed by atoms with E-state index in [9.17, 15) is 0 Å². The van der Waals surface area contributed by atoms with Crippen LogP contribution >= 0.6 is 11.6 Å². The van der Waals surface area contributed by atoms with Gasteiger partial charge in [0.25, 0.3) is 0 Å². The standard InChI is InChI=1S/C13H11Cl/c1-10-4-2-3-5-13(10)11-6-8-12(14)9-7-11/h2-9H,1H3. The third kappa shape index (κ3) is 1.80. The fourth-order valence-corrected chi connectivity index (χ4v) is 1.65. The zero-order valence-corrected chi connectivity index (χ0v) is 8.75. The van der Waals surface area contributed by atoms with E-state index in [0.29, 0.717) is 0 Å². The smallest absolute Gasteiger partial charge is 0.0406 e. The summed E-state index contributed by atoms with van der Waals surface area (Å²) in [6.07, 6.45) is 0. The number of halogens is 1. The second kappa shape index (κ2) is 3.85. The van der Waals surface area contributed by atoms with Crippen LogP contribution in [-0.4, -0.2) is 0 Å². The highest BCUT2D eigenvalue weighted by Crippen LogP contribution is 2.24. The van der Waals surface area contributed by atoms with Crippen molar-refractivity contribution in [3.05, 3.63) is 59.1 Å². The molecule has 70 valence electrons. The van der Waals surface area contributed by atoms with Gasteiger partial charge in [0.2, 0.25) is 0 Å². The first kappa shape index (κ1) is 9.29. The predicted molar refractivity (Wildman–Crippen MR) is 61.6 cm³/mol. The van der Waals surface area contributed by atoms with Crippen molar-refractivity contribution in [2.45, 2.75) is 6.92 Å². The molecular weight excluding hydrogens is 192 g/mol. The molecule has 14 heavy (non-hydrogen) atoms. The average Bonchev–Trinajstić information content (AvgIpc) is 2.20. The van der Waals surface area contributed by atoms with Crippen LogP contribution in [0.2, 0.25) is 5.02 Å². The van der Waals surface area contributed by atoms with Gasteiger partial charge in [-0.2, -0.15) is 0 Å². The van der Waals surface area contributed by atoms with Crippen molar-refractivity contribution in [3.8, 4) is 11.1 Å². The van der Waals surface area contributed by atoms with Crippen LogP contribution in [0.4, 0.5) is 0 Å². The molecule has 0 aromatic heterocycles. The third-order valence-corrected chi connectivity index (χ3v) is 2.55. The summed E-state index contributed by atoms with van der Waals surface area (Å²) < 4.78 is 0. The Kier molecular flexibility index (Phi) is 2.55. The number of aryl methyl sites for hydroxylation is 1. The van der Waals surface area contributed by atoms with E-state index in [4.69, 9.17) is 11.6 Å². The zero-order valence-electron chi connectivity index (χ0n) is 8.00. The highest BCUT2D eigenvalue weighted by Gasteiger charge is 1.99. The Bertz CT molecular complexity index is 429. The number of benzene rings is 2. The van der Waals surface area contributed by atoms with Crippen molar-refractivity contribution in [1.29, 1.82) is 0 Å². The molecule has 0 atom stereocenters. The van der Waals surface area contributed by atoms with Crippen molar-refractivity contribution in [2.75, 3.05) is 0 Å². The fraction of sp³-hybridized carbons (Fsp3) is 0.0769. The summed E-state index contributed by atoms with van der Waals surface area (Å²) in [5.74, 6) is 0. The maximum atomic E-state index is 5.84. The third-order valence-electron chi connectivity index (χ3n) is 2.30. The van der Waals surface area contributed by atoms with E-state index in [1.807, 2.05) is 24.3 Å². The first-order chi connectivity index (χ1) is 6.77. The molecule has 0 saturated carbocycles. The minimum atomic E-state index is 0.780. The summed E-state index contributed by atoms with van der Waals surface area (Å²) in [7, 11) is 0. The molecule has 0 radical (unpaired) electrons. The Hall–Kier alpha value is -1.27. The van der Waals surface area contributed by atoms with Gasteiger partial charge in [0.15, 0.2) is 0 Å².